The van der Waals surface area contributed by atoms with Crippen LogP contribution in [0.4, 0.5) is 16.3 Å². The number of piperazine rings is 1. The van der Waals surface area contributed by atoms with Crippen LogP contribution in [0.15, 0.2) is 54.7 Å². The number of carbonyl (C=O) groups excluding carboxylic acids is 2. The zero-order valence-electron chi connectivity index (χ0n) is 24.4. The molecule has 3 heterocycles. The van der Waals surface area contributed by atoms with Gasteiger partial charge in [0.25, 0.3) is 5.91 Å². The second-order valence-corrected chi connectivity index (χ2v) is 11.6. The lowest BCUT2D eigenvalue weighted by molar-refractivity contribution is 0.0746. The summed E-state index contributed by atoms with van der Waals surface area (Å²) in [6, 6.07) is 15.7. The van der Waals surface area contributed by atoms with Gasteiger partial charge >= 0.3 is 6.03 Å². The molecule has 2 aromatic carbocycles. The second-order valence-electron chi connectivity index (χ2n) is 11.6. The molecule has 40 heavy (non-hydrogen) atoms. The van der Waals surface area contributed by atoms with E-state index in [2.05, 4.69) is 36.7 Å². The summed E-state index contributed by atoms with van der Waals surface area (Å²) in [5, 5.41) is 0. The number of hydrogen-bond donors (Lipinski definition) is 0. The Morgan fingerprint density at radius 3 is 2.27 bits per heavy atom. The smallest absolute Gasteiger partial charge is 0.325 e. The number of nitrogens with zero attached hydrogens (tertiary/aromatic N) is 5. The van der Waals surface area contributed by atoms with Crippen molar-refractivity contribution in [2.24, 2.45) is 0 Å². The molecule has 1 aromatic heterocycles. The highest BCUT2D eigenvalue weighted by Gasteiger charge is 2.44. The van der Waals surface area contributed by atoms with Crippen LogP contribution in [-0.4, -0.2) is 72.1 Å². The largest absolute Gasteiger partial charge is 0.497 e. The fourth-order valence-corrected chi connectivity index (χ4v) is 5.90. The van der Waals surface area contributed by atoms with Crippen LogP contribution in [0.3, 0.4) is 0 Å². The van der Waals surface area contributed by atoms with Crippen molar-refractivity contribution in [3.05, 3.63) is 82.5 Å². The van der Waals surface area contributed by atoms with Gasteiger partial charge in [0, 0.05) is 56.7 Å². The molecule has 0 N–H and O–H groups in total. The van der Waals surface area contributed by atoms with Crippen molar-refractivity contribution in [3.63, 3.8) is 0 Å². The van der Waals surface area contributed by atoms with Gasteiger partial charge in [0.2, 0.25) is 0 Å². The van der Waals surface area contributed by atoms with Crippen LogP contribution in [0.2, 0.25) is 0 Å². The lowest BCUT2D eigenvalue weighted by Crippen LogP contribution is -2.49. The van der Waals surface area contributed by atoms with E-state index < -0.39 is 0 Å². The third-order valence-electron chi connectivity index (χ3n) is 7.93. The van der Waals surface area contributed by atoms with Gasteiger partial charge in [0.15, 0.2) is 0 Å². The minimum absolute atomic E-state index is 0.0320. The van der Waals surface area contributed by atoms with Crippen molar-refractivity contribution >= 4 is 23.4 Å². The van der Waals surface area contributed by atoms with E-state index >= 15 is 0 Å². The second kappa shape index (κ2) is 10.8. The molecule has 2 aliphatic heterocycles. The maximum absolute atomic E-state index is 13.6. The van der Waals surface area contributed by atoms with Gasteiger partial charge in [0.05, 0.1) is 12.6 Å². The van der Waals surface area contributed by atoms with Crippen LogP contribution in [0, 0.1) is 20.8 Å². The molecule has 0 spiro atoms. The predicted molar refractivity (Wildman–Crippen MR) is 158 cm³/mol. The molecule has 5 rings (SSSR count). The van der Waals surface area contributed by atoms with E-state index in [0.717, 1.165) is 52.6 Å². The first kappa shape index (κ1) is 27.5. The van der Waals surface area contributed by atoms with Gasteiger partial charge in [-0.2, -0.15) is 0 Å². The third-order valence-corrected chi connectivity index (χ3v) is 7.93. The molecule has 0 unspecified atom stereocenters. The van der Waals surface area contributed by atoms with Crippen LogP contribution < -0.4 is 14.5 Å². The SMILES string of the molecule is COc1ccc(CN2CC(C)(C)N(c3ccc(C(=O)N4CCN(c5ncc(C)cc5C)CC4)c(C)c3)C2=O)cc1. The maximum Gasteiger partial charge on any atom is 0.325 e. The van der Waals surface area contributed by atoms with Crippen molar-refractivity contribution < 1.29 is 14.3 Å². The molecule has 3 aromatic rings. The molecule has 0 radical (unpaired) electrons. The molecule has 2 fully saturated rings. The molecular formula is C32H39N5O3. The number of carbonyl (C=O) groups is 2. The number of methoxy groups -OCH3 is 1. The number of pyridine rings is 1. The monoisotopic (exact) mass is 541 g/mol. The number of benzene rings is 2. The van der Waals surface area contributed by atoms with Crippen LogP contribution in [0.5, 0.6) is 5.75 Å². The Hall–Kier alpha value is -4.07. The number of aromatic nitrogens is 1. The Balaban J connectivity index is 1.27. The Bertz CT molecular complexity index is 1410. The standard InChI is InChI=1S/C32H39N5O3/c1-22-17-24(3)29(33-19-22)34-13-15-35(16-14-34)30(38)28-12-9-26(18-23(28)2)37-31(39)36(21-32(37,4)5)20-25-7-10-27(40-6)11-8-25/h7-12,17-19H,13-16,20-21H2,1-6H3. The summed E-state index contributed by atoms with van der Waals surface area (Å²) in [6.07, 6.45) is 1.90. The van der Waals surface area contributed by atoms with Crippen molar-refractivity contribution in [1.29, 1.82) is 0 Å². The highest BCUT2D eigenvalue weighted by atomic mass is 16.5. The molecule has 0 bridgehead atoms. The number of ether oxygens (including phenoxy) is 1. The third kappa shape index (κ3) is 5.35. The fraction of sp³-hybridized carbons (Fsp3) is 0.406. The zero-order valence-corrected chi connectivity index (χ0v) is 24.4. The zero-order chi connectivity index (χ0) is 28.6. The van der Waals surface area contributed by atoms with Crippen molar-refractivity contribution in [2.45, 2.75) is 46.7 Å². The molecule has 8 nitrogen and oxygen atoms in total. The molecule has 0 saturated carbocycles. The molecule has 2 saturated heterocycles. The van der Waals surface area contributed by atoms with Crippen molar-refractivity contribution in [1.82, 2.24) is 14.8 Å². The summed E-state index contributed by atoms with van der Waals surface area (Å²) >= 11 is 0. The van der Waals surface area contributed by atoms with Gasteiger partial charge < -0.3 is 19.4 Å². The number of amides is 3. The average Bonchev–Trinajstić information content (AvgIpc) is 3.15. The highest BCUT2D eigenvalue weighted by Crippen LogP contribution is 2.34. The van der Waals surface area contributed by atoms with E-state index in [1.807, 2.05) is 77.2 Å². The molecule has 8 heteroatoms. The van der Waals surface area contributed by atoms with Crippen LogP contribution in [0.25, 0.3) is 0 Å². The summed E-state index contributed by atoms with van der Waals surface area (Å²) in [5.41, 5.74) is 5.34. The number of hydrogen-bond acceptors (Lipinski definition) is 5. The Morgan fingerprint density at radius 1 is 0.950 bits per heavy atom. The van der Waals surface area contributed by atoms with E-state index in [-0.39, 0.29) is 17.5 Å². The summed E-state index contributed by atoms with van der Waals surface area (Å²) < 4.78 is 5.25. The molecular weight excluding hydrogens is 502 g/mol. The van der Waals surface area contributed by atoms with Gasteiger partial charge in [-0.25, -0.2) is 9.78 Å². The van der Waals surface area contributed by atoms with Gasteiger partial charge in [-0.05, 0) is 87.2 Å². The molecule has 0 aliphatic carbocycles. The number of anilines is 2. The van der Waals surface area contributed by atoms with Crippen LogP contribution in [0.1, 0.15) is 46.5 Å². The molecule has 0 atom stereocenters. The van der Waals surface area contributed by atoms with Crippen molar-refractivity contribution in [3.8, 4) is 5.75 Å². The molecule has 3 amide bonds. The fourth-order valence-electron chi connectivity index (χ4n) is 5.90. The van der Waals surface area contributed by atoms with Gasteiger partial charge in [-0.3, -0.25) is 9.69 Å². The first-order valence-corrected chi connectivity index (χ1v) is 13.9. The van der Waals surface area contributed by atoms with E-state index in [4.69, 9.17) is 4.74 Å². The minimum Gasteiger partial charge on any atom is -0.497 e. The topological polar surface area (TPSA) is 69.2 Å². The first-order valence-electron chi connectivity index (χ1n) is 13.9. The number of rotatable bonds is 6. The van der Waals surface area contributed by atoms with E-state index in [1.54, 1.807) is 7.11 Å². The summed E-state index contributed by atoms with van der Waals surface area (Å²) in [7, 11) is 1.64. The van der Waals surface area contributed by atoms with Gasteiger partial charge in [0.1, 0.15) is 11.6 Å². The lowest BCUT2D eigenvalue weighted by Gasteiger charge is -2.36. The predicted octanol–water partition coefficient (Wildman–Crippen LogP) is 5.20. The Labute approximate surface area is 237 Å². The number of urea groups is 1. The summed E-state index contributed by atoms with van der Waals surface area (Å²) in [4.78, 5) is 39.6. The molecule has 2 aliphatic rings. The average molecular weight is 542 g/mol. The quantitative estimate of drug-likeness (QED) is 0.429. The van der Waals surface area contributed by atoms with E-state index in [1.165, 1.54) is 0 Å². The van der Waals surface area contributed by atoms with Crippen LogP contribution in [-0.2, 0) is 6.54 Å². The van der Waals surface area contributed by atoms with Gasteiger partial charge in [-0.15, -0.1) is 0 Å². The van der Waals surface area contributed by atoms with E-state index in [9.17, 15) is 9.59 Å². The van der Waals surface area contributed by atoms with Crippen molar-refractivity contribution in [2.75, 3.05) is 49.6 Å². The van der Waals surface area contributed by atoms with E-state index in [0.29, 0.717) is 31.7 Å². The highest BCUT2D eigenvalue weighted by molar-refractivity contribution is 5.99. The van der Waals surface area contributed by atoms with Crippen LogP contribution >= 0.6 is 0 Å². The first-order chi connectivity index (χ1) is 19.1. The Kier molecular flexibility index (Phi) is 7.45. The lowest BCUT2D eigenvalue weighted by atomic mass is 10.0. The minimum atomic E-state index is -0.389. The Morgan fingerprint density at radius 2 is 1.65 bits per heavy atom. The maximum atomic E-state index is 13.6. The molecule has 210 valence electrons. The summed E-state index contributed by atoms with van der Waals surface area (Å²) in [5.74, 6) is 1.83. The normalized spacial score (nSPS) is 17.0. The van der Waals surface area contributed by atoms with Gasteiger partial charge in [-0.1, -0.05) is 18.2 Å². The number of aryl methyl sites for hydroxylation is 3. The summed E-state index contributed by atoms with van der Waals surface area (Å²) in [6.45, 7) is 14.2.